The highest BCUT2D eigenvalue weighted by atomic mass is 32.2. The maximum atomic E-state index is 13.3. The lowest BCUT2D eigenvalue weighted by molar-refractivity contribution is -0.118. The summed E-state index contributed by atoms with van der Waals surface area (Å²) < 4.78 is 15.1. The average Bonchev–Trinajstić information content (AvgIpc) is 3.37. The predicted molar refractivity (Wildman–Crippen MR) is 98.6 cm³/mol. The smallest absolute Gasteiger partial charge is 0.230 e. The summed E-state index contributed by atoms with van der Waals surface area (Å²) in [6, 6.07) is 16.2. The van der Waals surface area contributed by atoms with Gasteiger partial charge < -0.3 is 5.32 Å². The number of hydrogen-bond donors (Lipinski definition) is 1. The minimum atomic E-state index is -0.300. The van der Waals surface area contributed by atoms with Crippen molar-refractivity contribution < 1.29 is 9.18 Å². The van der Waals surface area contributed by atoms with E-state index in [9.17, 15) is 9.18 Å². The molecule has 1 aliphatic carbocycles. The second-order valence-electron chi connectivity index (χ2n) is 6.11. The third kappa shape index (κ3) is 3.77. The Morgan fingerprint density at radius 1 is 1.12 bits per heavy atom. The summed E-state index contributed by atoms with van der Waals surface area (Å²) in [6.45, 7) is 0. The van der Waals surface area contributed by atoms with Crippen LogP contribution in [-0.2, 0) is 4.79 Å². The first-order chi connectivity index (χ1) is 12.7. The average molecular weight is 368 g/mol. The molecule has 3 aromatic rings. The van der Waals surface area contributed by atoms with E-state index in [1.807, 2.05) is 34.9 Å². The van der Waals surface area contributed by atoms with E-state index in [4.69, 9.17) is 0 Å². The number of amides is 1. The molecule has 0 spiro atoms. The summed E-state index contributed by atoms with van der Waals surface area (Å²) in [4.78, 5) is 12.0. The van der Waals surface area contributed by atoms with Gasteiger partial charge in [0, 0.05) is 17.3 Å². The first kappa shape index (κ1) is 16.8. The monoisotopic (exact) mass is 368 g/mol. The minimum absolute atomic E-state index is 0.00319. The van der Waals surface area contributed by atoms with Gasteiger partial charge in [-0.3, -0.25) is 9.36 Å². The second kappa shape index (κ2) is 7.29. The maximum Gasteiger partial charge on any atom is 0.230 e. The maximum absolute atomic E-state index is 13.3. The quantitative estimate of drug-likeness (QED) is 0.677. The van der Waals surface area contributed by atoms with E-state index >= 15 is 0 Å². The van der Waals surface area contributed by atoms with Gasteiger partial charge in [-0.1, -0.05) is 30.0 Å². The lowest BCUT2D eigenvalue weighted by Gasteiger charge is -2.10. The van der Waals surface area contributed by atoms with Crippen molar-refractivity contribution in [3.05, 3.63) is 60.4 Å². The second-order valence-corrected chi connectivity index (χ2v) is 7.06. The number of carbonyl (C=O) groups excluding carboxylic acids is 1. The third-order valence-electron chi connectivity index (χ3n) is 4.02. The van der Waals surface area contributed by atoms with Crippen molar-refractivity contribution in [2.45, 2.75) is 24.0 Å². The summed E-state index contributed by atoms with van der Waals surface area (Å²) in [5.74, 6) is 0.598. The van der Waals surface area contributed by atoms with Gasteiger partial charge in [-0.05, 0) is 49.2 Å². The predicted octanol–water partition coefficient (Wildman–Crippen LogP) is 3.44. The van der Waals surface area contributed by atoms with Gasteiger partial charge in [0.25, 0.3) is 0 Å². The van der Waals surface area contributed by atoms with Gasteiger partial charge in [-0.15, -0.1) is 10.2 Å². The molecule has 1 aliphatic rings. The minimum Gasteiger partial charge on any atom is -0.353 e. The van der Waals surface area contributed by atoms with E-state index < -0.39 is 0 Å². The van der Waals surface area contributed by atoms with Gasteiger partial charge in [0.15, 0.2) is 11.0 Å². The van der Waals surface area contributed by atoms with Crippen LogP contribution in [0, 0.1) is 5.82 Å². The van der Waals surface area contributed by atoms with Crippen molar-refractivity contribution >= 4 is 17.7 Å². The normalized spacial score (nSPS) is 13.6. The van der Waals surface area contributed by atoms with Crippen LogP contribution in [0.5, 0.6) is 0 Å². The molecule has 1 N–H and O–H groups in total. The summed E-state index contributed by atoms with van der Waals surface area (Å²) in [6.07, 6.45) is 2.12. The van der Waals surface area contributed by atoms with Crippen LogP contribution < -0.4 is 5.32 Å². The highest BCUT2D eigenvalue weighted by Gasteiger charge is 2.24. The Morgan fingerprint density at radius 3 is 2.54 bits per heavy atom. The van der Waals surface area contributed by atoms with Gasteiger partial charge in [0.05, 0.1) is 5.75 Å². The van der Waals surface area contributed by atoms with Crippen LogP contribution in [0.2, 0.25) is 0 Å². The molecular formula is C19H17FN4OS. The number of para-hydroxylation sites is 1. The molecule has 0 saturated heterocycles. The fourth-order valence-electron chi connectivity index (χ4n) is 2.59. The molecule has 0 radical (unpaired) electrons. The molecule has 0 aliphatic heterocycles. The van der Waals surface area contributed by atoms with Crippen LogP contribution in [0.15, 0.2) is 59.8 Å². The van der Waals surface area contributed by atoms with Gasteiger partial charge in [-0.25, -0.2) is 4.39 Å². The number of nitrogens with zero attached hydrogens (tertiary/aromatic N) is 3. The van der Waals surface area contributed by atoms with Crippen molar-refractivity contribution in [2.75, 3.05) is 5.75 Å². The van der Waals surface area contributed by atoms with E-state index in [0.29, 0.717) is 17.0 Å². The number of hydrogen-bond acceptors (Lipinski definition) is 4. The topological polar surface area (TPSA) is 59.8 Å². The highest BCUT2D eigenvalue weighted by Crippen LogP contribution is 2.28. The van der Waals surface area contributed by atoms with E-state index in [2.05, 4.69) is 15.5 Å². The van der Waals surface area contributed by atoms with Gasteiger partial charge >= 0.3 is 0 Å². The molecule has 7 heteroatoms. The molecule has 0 atom stereocenters. The summed E-state index contributed by atoms with van der Waals surface area (Å²) in [7, 11) is 0. The van der Waals surface area contributed by atoms with E-state index in [0.717, 1.165) is 24.1 Å². The number of nitrogens with one attached hydrogen (secondary N) is 1. The highest BCUT2D eigenvalue weighted by molar-refractivity contribution is 7.99. The number of benzene rings is 2. The third-order valence-corrected chi connectivity index (χ3v) is 4.95. The number of carbonyl (C=O) groups is 1. The van der Waals surface area contributed by atoms with Crippen LogP contribution in [0.4, 0.5) is 4.39 Å². The zero-order chi connectivity index (χ0) is 17.9. The molecule has 5 nitrogen and oxygen atoms in total. The molecule has 1 saturated carbocycles. The molecule has 0 bridgehead atoms. The first-order valence-electron chi connectivity index (χ1n) is 8.39. The van der Waals surface area contributed by atoms with Crippen molar-refractivity contribution in [3.63, 3.8) is 0 Å². The van der Waals surface area contributed by atoms with Crippen LogP contribution in [0.3, 0.4) is 0 Å². The lowest BCUT2D eigenvalue weighted by Crippen LogP contribution is -2.27. The molecular weight excluding hydrogens is 351 g/mol. The Hall–Kier alpha value is -2.67. The van der Waals surface area contributed by atoms with Gasteiger partial charge in [-0.2, -0.15) is 0 Å². The molecule has 1 aromatic heterocycles. The summed E-state index contributed by atoms with van der Waals surface area (Å²) in [5, 5.41) is 12.1. The summed E-state index contributed by atoms with van der Waals surface area (Å²) >= 11 is 1.34. The molecule has 132 valence electrons. The molecule has 1 fully saturated rings. The first-order valence-corrected chi connectivity index (χ1v) is 9.38. The van der Waals surface area contributed by atoms with Crippen LogP contribution in [0.1, 0.15) is 12.8 Å². The lowest BCUT2D eigenvalue weighted by atomic mass is 10.2. The Labute approximate surface area is 154 Å². The molecule has 4 rings (SSSR count). The van der Waals surface area contributed by atoms with Crippen molar-refractivity contribution in [1.29, 1.82) is 0 Å². The summed E-state index contributed by atoms with van der Waals surface area (Å²) in [5.41, 5.74) is 1.65. The number of aromatic nitrogens is 3. The van der Waals surface area contributed by atoms with Gasteiger partial charge in [0.1, 0.15) is 5.82 Å². The van der Waals surface area contributed by atoms with Crippen LogP contribution >= 0.6 is 11.8 Å². The van der Waals surface area contributed by atoms with E-state index in [-0.39, 0.29) is 17.5 Å². The van der Waals surface area contributed by atoms with E-state index in [1.54, 1.807) is 12.1 Å². The van der Waals surface area contributed by atoms with E-state index in [1.165, 1.54) is 23.9 Å². The molecule has 0 unspecified atom stereocenters. The van der Waals surface area contributed by atoms with Crippen molar-refractivity contribution in [3.8, 4) is 17.1 Å². The Bertz CT molecular complexity index is 907. The zero-order valence-corrected chi connectivity index (χ0v) is 14.7. The molecule has 1 amide bonds. The standard InChI is InChI=1S/C19H17FN4OS/c20-14-8-6-13(7-9-14)18-22-23-19(24(18)16-4-2-1-3-5-16)26-12-17(25)21-15-10-11-15/h1-9,15H,10-12H2,(H,21,25). The molecule has 2 aromatic carbocycles. The SMILES string of the molecule is O=C(CSc1nnc(-c2ccc(F)cc2)n1-c1ccccc1)NC1CC1. The largest absolute Gasteiger partial charge is 0.353 e. The Kier molecular flexibility index (Phi) is 4.71. The Balaban J connectivity index is 1.65. The van der Waals surface area contributed by atoms with Crippen molar-refractivity contribution in [1.82, 2.24) is 20.1 Å². The van der Waals surface area contributed by atoms with Gasteiger partial charge in [0.2, 0.25) is 5.91 Å². The molecule has 1 heterocycles. The van der Waals surface area contributed by atoms with Crippen LogP contribution in [0.25, 0.3) is 17.1 Å². The van der Waals surface area contributed by atoms with Crippen molar-refractivity contribution in [2.24, 2.45) is 0 Å². The fraction of sp³-hybridized carbons (Fsp3) is 0.211. The number of rotatable bonds is 6. The Morgan fingerprint density at radius 2 is 1.85 bits per heavy atom. The number of halogens is 1. The molecule has 26 heavy (non-hydrogen) atoms. The van der Waals surface area contributed by atoms with Crippen LogP contribution in [-0.4, -0.2) is 32.5 Å². The fourth-order valence-corrected chi connectivity index (χ4v) is 3.35. The number of thioether (sulfide) groups is 1. The zero-order valence-electron chi connectivity index (χ0n) is 13.9.